The Kier molecular flexibility index (Phi) is 4.58. The number of benzene rings is 2. The van der Waals surface area contributed by atoms with Gasteiger partial charge in [0.15, 0.2) is 0 Å². The summed E-state index contributed by atoms with van der Waals surface area (Å²) in [5.74, 6) is 0.177. The Balaban J connectivity index is 2.24. The molecular formula is C14H14ClNO2S. The first-order valence-electron chi connectivity index (χ1n) is 5.82. The predicted octanol–water partition coefficient (Wildman–Crippen LogP) is 2.95. The highest BCUT2D eigenvalue weighted by atomic mass is 35.5. The van der Waals surface area contributed by atoms with E-state index < -0.39 is 16.1 Å². The molecule has 100 valence electrons. The minimum Gasteiger partial charge on any atom is -0.207 e. The quantitative estimate of drug-likeness (QED) is 0.862. The first-order valence-corrected chi connectivity index (χ1v) is 7.83. The monoisotopic (exact) mass is 295 g/mol. The van der Waals surface area contributed by atoms with Crippen LogP contribution in [0.3, 0.4) is 0 Å². The predicted molar refractivity (Wildman–Crippen MR) is 76.7 cm³/mol. The lowest BCUT2D eigenvalue weighted by Crippen LogP contribution is -2.29. The fourth-order valence-electron chi connectivity index (χ4n) is 1.73. The van der Waals surface area contributed by atoms with Gasteiger partial charge in [0.1, 0.15) is 0 Å². The SMILES string of the molecule is O=S(=O)(NC(CCl)c1ccccc1)c1ccccc1. The van der Waals surface area contributed by atoms with Crippen molar-refractivity contribution in [2.24, 2.45) is 0 Å². The Morgan fingerprint density at radius 3 is 2.00 bits per heavy atom. The van der Waals surface area contributed by atoms with Crippen LogP contribution in [0, 0.1) is 0 Å². The summed E-state index contributed by atoms with van der Waals surface area (Å²) in [6.45, 7) is 0. The molecule has 0 fully saturated rings. The first-order chi connectivity index (χ1) is 9.13. The summed E-state index contributed by atoms with van der Waals surface area (Å²) in [5, 5.41) is 0. The second-order valence-corrected chi connectivity index (χ2v) is 6.07. The van der Waals surface area contributed by atoms with Gasteiger partial charge in [-0.15, -0.1) is 11.6 Å². The van der Waals surface area contributed by atoms with Gasteiger partial charge in [-0.3, -0.25) is 0 Å². The van der Waals surface area contributed by atoms with Crippen LogP contribution in [0.5, 0.6) is 0 Å². The van der Waals surface area contributed by atoms with Crippen LogP contribution in [-0.4, -0.2) is 14.3 Å². The Bertz CT molecular complexity index is 614. The third-order valence-electron chi connectivity index (χ3n) is 2.71. The van der Waals surface area contributed by atoms with Crippen LogP contribution in [0.2, 0.25) is 0 Å². The van der Waals surface area contributed by atoms with Gasteiger partial charge in [0.05, 0.1) is 10.9 Å². The first kappa shape index (κ1) is 14.1. The molecule has 1 atom stereocenters. The fraction of sp³-hybridized carbons (Fsp3) is 0.143. The average Bonchev–Trinajstić information content (AvgIpc) is 2.47. The van der Waals surface area contributed by atoms with E-state index in [1.807, 2.05) is 30.3 Å². The molecule has 3 nitrogen and oxygen atoms in total. The molecule has 2 aromatic rings. The van der Waals surface area contributed by atoms with Crippen molar-refractivity contribution in [3.8, 4) is 0 Å². The maximum atomic E-state index is 12.2. The van der Waals surface area contributed by atoms with Crippen molar-refractivity contribution in [2.45, 2.75) is 10.9 Å². The molecule has 0 radical (unpaired) electrons. The molecule has 2 aromatic carbocycles. The van der Waals surface area contributed by atoms with E-state index in [1.165, 1.54) is 0 Å². The van der Waals surface area contributed by atoms with E-state index in [-0.39, 0.29) is 10.8 Å². The Morgan fingerprint density at radius 2 is 1.47 bits per heavy atom. The van der Waals surface area contributed by atoms with Crippen molar-refractivity contribution in [2.75, 3.05) is 5.88 Å². The molecule has 1 unspecified atom stereocenters. The lowest BCUT2D eigenvalue weighted by atomic mass is 10.1. The fourth-order valence-corrected chi connectivity index (χ4v) is 3.32. The maximum Gasteiger partial charge on any atom is 0.241 e. The van der Waals surface area contributed by atoms with Crippen LogP contribution in [0.15, 0.2) is 65.6 Å². The van der Waals surface area contributed by atoms with Crippen molar-refractivity contribution >= 4 is 21.6 Å². The van der Waals surface area contributed by atoms with Gasteiger partial charge in [0.25, 0.3) is 0 Å². The molecule has 0 spiro atoms. The summed E-state index contributed by atoms with van der Waals surface area (Å²) in [6, 6.07) is 17.1. The lowest BCUT2D eigenvalue weighted by Gasteiger charge is -2.16. The van der Waals surface area contributed by atoms with Crippen molar-refractivity contribution in [3.63, 3.8) is 0 Å². The van der Waals surface area contributed by atoms with E-state index in [9.17, 15) is 8.42 Å². The number of halogens is 1. The summed E-state index contributed by atoms with van der Waals surface area (Å²) < 4.78 is 27.0. The van der Waals surface area contributed by atoms with Gasteiger partial charge in [0.2, 0.25) is 10.0 Å². The zero-order valence-electron chi connectivity index (χ0n) is 10.2. The third kappa shape index (κ3) is 3.56. The van der Waals surface area contributed by atoms with Gasteiger partial charge in [-0.2, -0.15) is 0 Å². The summed E-state index contributed by atoms with van der Waals surface area (Å²) in [4.78, 5) is 0.237. The van der Waals surface area contributed by atoms with E-state index in [0.29, 0.717) is 0 Å². The summed E-state index contributed by atoms with van der Waals surface area (Å²) in [6.07, 6.45) is 0. The standard InChI is InChI=1S/C14H14ClNO2S/c15-11-14(12-7-3-1-4-8-12)16-19(17,18)13-9-5-2-6-10-13/h1-10,14,16H,11H2. The third-order valence-corrected chi connectivity index (χ3v) is 4.50. The number of sulfonamides is 1. The van der Waals surface area contributed by atoms with Crippen molar-refractivity contribution in [3.05, 3.63) is 66.2 Å². The van der Waals surface area contributed by atoms with Crippen LogP contribution < -0.4 is 4.72 Å². The molecule has 0 heterocycles. The molecule has 0 aliphatic heterocycles. The molecule has 0 aliphatic rings. The van der Waals surface area contributed by atoms with E-state index >= 15 is 0 Å². The Morgan fingerprint density at radius 1 is 0.947 bits per heavy atom. The minimum atomic E-state index is -3.55. The molecule has 1 N–H and O–H groups in total. The number of hydrogen-bond donors (Lipinski definition) is 1. The molecule has 0 aromatic heterocycles. The van der Waals surface area contributed by atoms with Gasteiger partial charge in [-0.25, -0.2) is 13.1 Å². The van der Waals surface area contributed by atoms with E-state index in [4.69, 9.17) is 11.6 Å². The average molecular weight is 296 g/mol. The lowest BCUT2D eigenvalue weighted by molar-refractivity contribution is 0.568. The highest BCUT2D eigenvalue weighted by Gasteiger charge is 2.20. The Hall–Kier alpha value is -1.36. The molecular weight excluding hydrogens is 282 g/mol. The van der Waals surface area contributed by atoms with Crippen LogP contribution in [-0.2, 0) is 10.0 Å². The van der Waals surface area contributed by atoms with Crippen LogP contribution in [0.25, 0.3) is 0 Å². The van der Waals surface area contributed by atoms with Gasteiger partial charge >= 0.3 is 0 Å². The molecule has 2 rings (SSSR count). The largest absolute Gasteiger partial charge is 0.241 e. The van der Waals surface area contributed by atoms with E-state index in [2.05, 4.69) is 4.72 Å². The van der Waals surface area contributed by atoms with Crippen LogP contribution in [0.4, 0.5) is 0 Å². The summed E-state index contributed by atoms with van der Waals surface area (Å²) in [7, 11) is -3.55. The highest BCUT2D eigenvalue weighted by molar-refractivity contribution is 7.89. The van der Waals surface area contributed by atoms with Crippen molar-refractivity contribution < 1.29 is 8.42 Å². The smallest absolute Gasteiger partial charge is 0.207 e. The topological polar surface area (TPSA) is 46.2 Å². The van der Waals surface area contributed by atoms with Gasteiger partial charge < -0.3 is 0 Å². The highest BCUT2D eigenvalue weighted by Crippen LogP contribution is 2.18. The summed E-state index contributed by atoms with van der Waals surface area (Å²) >= 11 is 5.87. The van der Waals surface area contributed by atoms with E-state index in [0.717, 1.165) is 5.56 Å². The summed E-state index contributed by atoms with van der Waals surface area (Å²) in [5.41, 5.74) is 0.844. The number of alkyl halides is 1. The van der Waals surface area contributed by atoms with Gasteiger partial charge in [-0.05, 0) is 17.7 Å². The molecule has 19 heavy (non-hydrogen) atoms. The Labute approximate surface area is 118 Å². The van der Waals surface area contributed by atoms with Gasteiger partial charge in [-0.1, -0.05) is 48.5 Å². The van der Waals surface area contributed by atoms with E-state index in [1.54, 1.807) is 30.3 Å². The molecule has 0 bridgehead atoms. The minimum absolute atomic E-state index is 0.177. The molecule has 0 saturated heterocycles. The van der Waals surface area contributed by atoms with Crippen molar-refractivity contribution in [1.29, 1.82) is 0 Å². The van der Waals surface area contributed by atoms with Gasteiger partial charge in [0, 0.05) is 5.88 Å². The molecule has 0 aliphatic carbocycles. The molecule has 5 heteroatoms. The second kappa shape index (κ2) is 6.19. The van der Waals surface area contributed by atoms with Crippen LogP contribution in [0.1, 0.15) is 11.6 Å². The van der Waals surface area contributed by atoms with Crippen molar-refractivity contribution in [1.82, 2.24) is 4.72 Å². The molecule has 0 saturated carbocycles. The normalized spacial score (nSPS) is 13.1. The number of hydrogen-bond acceptors (Lipinski definition) is 2. The zero-order valence-corrected chi connectivity index (χ0v) is 11.7. The second-order valence-electron chi connectivity index (χ2n) is 4.05. The molecule has 0 amide bonds. The zero-order chi connectivity index (χ0) is 13.7. The maximum absolute atomic E-state index is 12.2. The number of nitrogens with one attached hydrogen (secondary N) is 1. The number of rotatable bonds is 5. The van der Waals surface area contributed by atoms with Crippen LogP contribution >= 0.6 is 11.6 Å².